The number of hydrogen-bond donors (Lipinski definition) is 1. The molecule has 0 radical (unpaired) electrons. The fraction of sp³-hybridized carbons (Fsp3) is 0.895. The summed E-state index contributed by atoms with van der Waals surface area (Å²) in [5, 5.41) is 2.90. The third kappa shape index (κ3) is 4.71. The van der Waals surface area contributed by atoms with E-state index in [1.165, 1.54) is 12.8 Å². The summed E-state index contributed by atoms with van der Waals surface area (Å²) in [5.41, 5.74) is 0. The molecule has 0 spiro atoms. The second-order valence-electron chi connectivity index (χ2n) is 8.19. The van der Waals surface area contributed by atoms with Crippen molar-refractivity contribution in [2.24, 2.45) is 11.8 Å². The number of rotatable bonds is 3. The molecule has 1 atom stereocenters. The summed E-state index contributed by atoms with van der Waals surface area (Å²) in [7, 11) is 0. The second kappa shape index (κ2) is 8.17. The highest BCUT2D eigenvalue weighted by atomic mass is 19.4. The minimum Gasteiger partial charge on any atom is -0.353 e. The Hall–Kier alpha value is -1.27. The summed E-state index contributed by atoms with van der Waals surface area (Å²) in [5.74, 6) is -1.71. The highest BCUT2D eigenvalue weighted by Crippen LogP contribution is 2.37. The van der Waals surface area contributed by atoms with Crippen LogP contribution >= 0.6 is 0 Å². The van der Waals surface area contributed by atoms with Crippen LogP contribution in [0.5, 0.6) is 0 Å². The van der Waals surface area contributed by atoms with Crippen molar-refractivity contribution >= 4 is 11.8 Å². The Balaban J connectivity index is 1.48. The van der Waals surface area contributed by atoms with Gasteiger partial charge in [0.2, 0.25) is 11.8 Å². The maximum absolute atomic E-state index is 12.7. The molecule has 2 amide bonds. The lowest BCUT2D eigenvalue weighted by atomic mass is 9.85. The van der Waals surface area contributed by atoms with Gasteiger partial charge in [0.25, 0.3) is 0 Å². The number of alkyl halides is 3. The molecule has 3 rings (SSSR count). The molecule has 1 N–H and O–H groups in total. The molecular weight excluding hydrogens is 345 g/mol. The highest BCUT2D eigenvalue weighted by molar-refractivity contribution is 5.89. The van der Waals surface area contributed by atoms with E-state index in [2.05, 4.69) is 5.32 Å². The van der Waals surface area contributed by atoms with Crippen molar-refractivity contribution in [1.82, 2.24) is 10.2 Å². The van der Waals surface area contributed by atoms with Crippen LogP contribution in [-0.4, -0.2) is 41.5 Å². The highest BCUT2D eigenvalue weighted by Gasteiger charge is 2.42. The number of amides is 2. The van der Waals surface area contributed by atoms with Crippen LogP contribution in [0, 0.1) is 11.8 Å². The summed E-state index contributed by atoms with van der Waals surface area (Å²) in [6, 6.07) is 0.0631. The lowest BCUT2D eigenvalue weighted by Gasteiger charge is -2.31. The molecule has 1 saturated heterocycles. The van der Waals surface area contributed by atoms with Crippen LogP contribution in [0.2, 0.25) is 0 Å². The van der Waals surface area contributed by atoms with Crippen LogP contribution in [0.4, 0.5) is 13.2 Å². The van der Waals surface area contributed by atoms with E-state index >= 15 is 0 Å². The molecule has 2 aliphatic carbocycles. The van der Waals surface area contributed by atoms with Crippen LogP contribution in [0.15, 0.2) is 0 Å². The van der Waals surface area contributed by atoms with Crippen molar-refractivity contribution in [2.75, 3.05) is 6.54 Å². The molecule has 0 aromatic carbocycles. The first-order valence-corrected chi connectivity index (χ1v) is 10.0. The normalized spacial score (nSPS) is 31.7. The average Bonchev–Trinajstić information content (AvgIpc) is 2.80. The zero-order valence-corrected chi connectivity index (χ0v) is 15.2. The summed E-state index contributed by atoms with van der Waals surface area (Å²) in [4.78, 5) is 26.8. The van der Waals surface area contributed by atoms with Crippen molar-refractivity contribution in [3.63, 3.8) is 0 Å². The van der Waals surface area contributed by atoms with Gasteiger partial charge in [0.15, 0.2) is 0 Å². The van der Waals surface area contributed by atoms with Gasteiger partial charge in [0.1, 0.15) is 0 Å². The van der Waals surface area contributed by atoms with Crippen LogP contribution in [0.1, 0.15) is 70.6 Å². The van der Waals surface area contributed by atoms with Gasteiger partial charge in [-0.3, -0.25) is 9.59 Å². The fourth-order valence-electron chi connectivity index (χ4n) is 4.71. The molecule has 0 aromatic heterocycles. The number of hydrogen-bond acceptors (Lipinski definition) is 2. The molecule has 1 unspecified atom stereocenters. The number of likely N-dealkylation sites (tertiary alicyclic amines) is 1. The standard InChI is InChI=1S/C19H29F3N2O2/c20-19(21,22)14-7-9-15(10-8-14)23-18(26)13-11-17(25)24(12-13)16-5-3-1-2-4-6-16/h13-16H,1-12H2,(H,23,26). The topological polar surface area (TPSA) is 49.4 Å². The molecule has 4 nitrogen and oxygen atoms in total. The Kier molecular flexibility index (Phi) is 6.13. The Bertz CT molecular complexity index is 507. The second-order valence-corrected chi connectivity index (χ2v) is 8.19. The molecule has 0 bridgehead atoms. The minimum absolute atomic E-state index is 0.0535. The number of carbonyl (C=O) groups excluding carboxylic acids is 2. The van der Waals surface area contributed by atoms with E-state index in [0.717, 1.165) is 25.7 Å². The van der Waals surface area contributed by atoms with E-state index in [1.807, 2.05) is 4.90 Å². The predicted molar refractivity (Wildman–Crippen MR) is 91.3 cm³/mol. The van der Waals surface area contributed by atoms with Crippen LogP contribution in [0.25, 0.3) is 0 Å². The molecule has 3 fully saturated rings. The van der Waals surface area contributed by atoms with Crippen molar-refractivity contribution in [2.45, 2.75) is 88.9 Å². The zero-order valence-electron chi connectivity index (χ0n) is 15.2. The van der Waals surface area contributed by atoms with Gasteiger partial charge in [0, 0.05) is 25.0 Å². The zero-order chi connectivity index (χ0) is 18.7. The van der Waals surface area contributed by atoms with Gasteiger partial charge in [-0.05, 0) is 38.5 Å². The molecule has 148 valence electrons. The maximum atomic E-state index is 12.7. The molecule has 3 aliphatic rings. The number of carbonyl (C=O) groups is 2. The first-order chi connectivity index (χ1) is 12.3. The smallest absolute Gasteiger partial charge is 0.353 e. The first-order valence-electron chi connectivity index (χ1n) is 10.0. The lowest BCUT2D eigenvalue weighted by Crippen LogP contribution is -2.43. The van der Waals surface area contributed by atoms with Crippen molar-refractivity contribution in [3.8, 4) is 0 Å². The Morgan fingerprint density at radius 1 is 0.962 bits per heavy atom. The monoisotopic (exact) mass is 374 g/mol. The van der Waals surface area contributed by atoms with Gasteiger partial charge >= 0.3 is 6.18 Å². The molecule has 26 heavy (non-hydrogen) atoms. The van der Waals surface area contributed by atoms with Crippen molar-refractivity contribution in [3.05, 3.63) is 0 Å². The van der Waals surface area contributed by atoms with Gasteiger partial charge in [0.05, 0.1) is 11.8 Å². The Labute approximate surface area is 152 Å². The van der Waals surface area contributed by atoms with E-state index in [1.54, 1.807) is 0 Å². The van der Waals surface area contributed by atoms with Crippen molar-refractivity contribution < 1.29 is 22.8 Å². The third-order valence-electron chi connectivity index (χ3n) is 6.33. The van der Waals surface area contributed by atoms with Gasteiger partial charge in [-0.25, -0.2) is 0 Å². The maximum Gasteiger partial charge on any atom is 0.391 e. The van der Waals surface area contributed by atoms with E-state index in [0.29, 0.717) is 19.4 Å². The molecule has 2 saturated carbocycles. The molecule has 7 heteroatoms. The first kappa shape index (κ1) is 19.5. The summed E-state index contributed by atoms with van der Waals surface area (Å²) in [6.45, 7) is 0.466. The van der Waals surface area contributed by atoms with Crippen LogP contribution in [-0.2, 0) is 9.59 Å². The number of nitrogens with one attached hydrogen (secondary N) is 1. The van der Waals surface area contributed by atoms with E-state index < -0.39 is 12.1 Å². The van der Waals surface area contributed by atoms with Gasteiger partial charge in [-0.15, -0.1) is 0 Å². The summed E-state index contributed by atoms with van der Waals surface area (Å²) < 4.78 is 38.2. The third-order valence-corrected chi connectivity index (χ3v) is 6.33. The quantitative estimate of drug-likeness (QED) is 0.764. The molecular formula is C19H29F3N2O2. The number of nitrogens with zero attached hydrogens (tertiary/aromatic N) is 1. The Morgan fingerprint density at radius 2 is 1.58 bits per heavy atom. The molecule has 0 aromatic rings. The Morgan fingerprint density at radius 3 is 2.15 bits per heavy atom. The van der Waals surface area contributed by atoms with Crippen molar-refractivity contribution in [1.29, 1.82) is 0 Å². The molecule has 1 heterocycles. The van der Waals surface area contributed by atoms with E-state index in [-0.39, 0.29) is 49.1 Å². The van der Waals surface area contributed by atoms with Crippen LogP contribution < -0.4 is 5.32 Å². The van der Waals surface area contributed by atoms with Gasteiger partial charge in [-0.2, -0.15) is 13.2 Å². The van der Waals surface area contributed by atoms with E-state index in [4.69, 9.17) is 0 Å². The van der Waals surface area contributed by atoms with Gasteiger partial charge < -0.3 is 10.2 Å². The lowest BCUT2D eigenvalue weighted by molar-refractivity contribution is -0.182. The van der Waals surface area contributed by atoms with Crippen LogP contribution in [0.3, 0.4) is 0 Å². The predicted octanol–water partition coefficient (Wildman–Crippen LogP) is 3.80. The van der Waals surface area contributed by atoms with Gasteiger partial charge in [-0.1, -0.05) is 25.7 Å². The summed E-state index contributed by atoms with van der Waals surface area (Å²) in [6.07, 6.45) is 3.70. The largest absolute Gasteiger partial charge is 0.391 e. The fourth-order valence-corrected chi connectivity index (χ4v) is 4.71. The van der Waals surface area contributed by atoms with E-state index in [9.17, 15) is 22.8 Å². The molecule has 1 aliphatic heterocycles. The SMILES string of the molecule is O=C(NC1CCC(C(F)(F)F)CC1)C1CC(=O)N(C2CCCCCC2)C1. The average molecular weight is 374 g/mol. The summed E-state index contributed by atoms with van der Waals surface area (Å²) >= 11 is 0. The number of halogens is 3. The minimum atomic E-state index is -4.13.